The number of hydrogen-bond donors (Lipinski definition) is 2. The van der Waals surface area contributed by atoms with Crippen molar-refractivity contribution in [2.45, 2.75) is 38.2 Å². The highest BCUT2D eigenvalue weighted by atomic mass is 16.4. The predicted molar refractivity (Wildman–Crippen MR) is 56.3 cm³/mol. The van der Waals surface area contributed by atoms with Crippen LogP contribution >= 0.6 is 0 Å². The monoisotopic (exact) mass is 210 g/mol. The van der Waals surface area contributed by atoms with E-state index < -0.39 is 17.0 Å². The SMILES string of the molecule is C=C[C@]1(O)C[C@@H]2CC[C@H]1C[C@]2(C)C(=O)O. The molecule has 84 valence electrons. The minimum Gasteiger partial charge on any atom is -0.481 e. The molecule has 0 aliphatic heterocycles. The van der Waals surface area contributed by atoms with E-state index in [1.54, 1.807) is 6.08 Å². The van der Waals surface area contributed by atoms with Gasteiger partial charge in [-0.2, -0.15) is 0 Å². The van der Waals surface area contributed by atoms with Gasteiger partial charge in [-0.05, 0) is 44.4 Å². The molecule has 0 aromatic rings. The van der Waals surface area contributed by atoms with Gasteiger partial charge in [-0.25, -0.2) is 0 Å². The van der Waals surface area contributed by atoms with Gasteiger partial charge in [0.25, 0.3) is 0 Å². The Bertz CT molecular complexity index is 312. The van der Waals surface area contributed by atoms with Crippen molar-refractivity contribution in [2.75, 3.05) is 0 Å². The van der Waals surface area contributed by atoms with Gasteiger partial charge in [-0.3, -0.25) is 4.79 Å². The van der Waals surface area contributed by atoms with Gasteiger partial charge in [0, 0.05) is 0 Å². The molecule has 0 amide bonds. The lowest BCUT2D eigenvalue weighted by Gasteiger charge is -2.54. The van der Waals surface area contributed by atoms with Gasteiger partial charge in [0.05, 0.1) is 11.0 Å². The van der Waals surface area contributed by atoms with Crippen LogP contribution < -0.4 is 0 Å². The average molecular weight is 210 g/mol. The molecule has 4 atom stereocenters. The van der Waals surface area contributed by atoms with Crippen LogP contribution in [0.3, 0.4) is 0 Å². The number of aliphatic carboxylic acids is 1. The molecule has 0 aromatic heterocycles. The number of rotatable bonds is 2. The maximum Gasteiger partial charge on any atom is 0.309 e. The van der Waals surface area contributed by atoms with Crippen LogP contribution in [0, 0.1) is 17.3 Å². The summed E-state index contributed by atoms with van der Waals surface area (Å²) in [6, 6.07) is 0. The van der Waals surface area contributed by atoms with Gasteiger partial charge in [0.2, 0.25) is 0 Å². The molecule has 3 aliphatic rings. The first-order chi connectivity index (χ1) is 6.92. The van der Waals surface area contributed by atoms with Crippen LogP contribution in [0.5, 0.6) is 0 Å². The van der Waals surface area contributed by atoms with Crippen LogP contribution in [0.4, 0.5) is 0 Å². The molecule has 0 spiro atoms. The zero-order valence-electron chi connectivity index (χ0n) is 9.07. The lowest BCUT2D eigenvalue weighted by molar-refractivity contribution is -0.172. The van der Waals surface area contributed by atoms with Gasteiger partial charge in [-0.15, -0.1) is 6.58 Å². The largest absolute Gasteiger partial charge is 0.481 e. The van der Waals surface area contributed by atoms with Crippen LogP contribution in [0.1, 0.15) is 32.6 Å². The van der Waals surface area contributed by atoms with Crippen molar-refractivity contribution in [1.82, 2.24) is 0 Å². The molecule has 0 radical (unpaired) electrons. The molecule has 3 rings (SSSR count). The van der Waals surface area contributed by atoms with E-state index in [-0.39, 0.29) is 11.8 Å². The number of aliphatic hydroxyl groups is 1. The predicted octanol–water partition coefficient (Wildman–Crippen LogP) is 1.81. The molecule has 3 heteroatoms. The van der Waals surface area contributed by atoms with Crippen molar-refractivity contribution in [2.24, 2.45) is 17.3 Å². The molecule has 3 saturated carbocycles. The Morgan fingerprint density at radius 3 is 2.40 bits per heavy atom. The van der Waals surface area contributed by atoms with Crippen molar-refractivity contribution in [1.29, 1.82) is 0 Å². The number of fused-ring (bicyclic) bond motifs is 3. The minimum atomic E-state index is -0.822. The third-order valence-electron chi connectivity index (χ3n) is 4.56. The molecule has 0 heterocycles. The maximum atomic E-state index is 11.3. The van der Waals surface area contributed by atoms with E-state index in [1.807, 2.05) is 6.92 Å². The molecule has 3 aliphatic carbocycles. The van der Waals surface area contributed by atoms with Gasteiger partial charge in [0.1, 0.15) is 0 Å². The molecule has 15 heavy (non-hydrogen) atoms. The summed E-state index contributed by atoms with van der Waals surface area (Å²) in [5, 5.41) is 19.5. The van der Waals surface area contributed by atoms with E-state index >= 15 is 0 Å². The summed E-state index contributed by atoms with van der Waals surface area (Å²) in [6.45, 7) is 5.48. The van der Waals surface area contributed by atoms with E-state index in [9.17, 15) is 15.0 Å². The Kier molecular flexibility index (Phi) is 2.19. The van der Waals surface area contributed by atoms with Crippen molar-refractivity contribution >= 4 is 5.97 Å². The second-order valence-corrected chi connectivity index (χ2v) is 5.30. The van der Waals surface area contributed by atoms with Crippen molar-refractivity contribution in [3.05, 3.63) is 12.7 Å². The molecule has 0 aromatic carbocycles. The minimum absolute atomic E-state index is 0.0705. The van der Waals surface area contributed by atoms with Crippen LogP contribution in [0.15, 0.2) is 12.7 Å². The van der Waals surface area contributed by atoms with Gasteiger partial charge >= 0.3 is 5.97 Å². The summed E-state index contributed by atoms with van der Waals surface area (Å²) in [7, 11) is 0. The van der Waals surface area contributed by atoms with Crippen LogP contribution in [0.2, 0.25) is 0 Å². The summed E-state index contributed by atoms with van der Waals surface area (Å²) < 4.78 is 0. The van der Waals surface area contributed by atoms with E-state index in [4.69, 9.17) is 0 Å². The number of carboxylic acids is 1. The summed E-state index contributed by atoms with van der Waals surface area (Å²) in [5.74, 6) is -0.563. The Morgan fingerprint density at radius 2 is 2.00 bits per heavy atom. The third-order valence-corrected chi connectivity index (χ3v) is 4.56. The zero-order chi connectivity index (χ0) is 11.3. The smallest absolute Gasteiger partial charge is 0.309 e. The first kappa shape index (κ1) is 10.7. The van der Waals surface area contributed by atoms with Gasteiger partial charge < -0.3 is 10.2 Å². The fourth-order valence-electron chi connectivity index (χ4n) is 3.33. The molecule has 2 N–H and O–H groups in total. The first-order valence-corrected chi connectivity index (χ1v) is 5.52. The Labute approximate surface area is 89.8 Å². The summed E-state index contributed by atoms with van der Waals surface area (Å²) in [4.78, 5) is 11.3. The molecule has 2 bridgehead atoms. The number of carbonyl (C=O) groups is 1. The number of hydrogen-bond acceptors (Lipinski definition) is 2. The summed E-state index contributed by atoms with van der Waals surface area (Å²) in [6.07, 6.45) is 4.59. The van der Waals surface area contributed by atoms with E-state index in [1.165, 1.54) is 0 Å². The topological polar surface area (TPSA) is 57.5 Å². The van der Waals surface area contributed by atoms with Crippen molar-refractivity contribution in [3.8, 4) is 0 Å². The quantitative estimate of drug-likeness (QED) is 0.683. The van der Waals surface area contributed by atoms with E-state index in [0.29, 0.717) is 12.8 Å². The number of carboxylic acid groups (broad SMARTS) is 1. The van der Waals surface area contributed by atoms with E-state index in [0.717, 1.165) is 12.8 Å². The standard InChI is InChI=1S/C12H18O3/c1-3-12(15)7-8-4-5-9(12)6-11(8,2)10(13)14/h3,8-9,15H,1,4-7H2,2H3,(H,13,14)/t8-,9-,11-,12-/m0/s1. The Balaban J connectivity index is 2.30. The molecule has 3 nitrogen and oxygen atoms in total. The molecule has 0 saturated heterocycles. The lowest BCUT2D eigenvalue weighted by atomic mass is 9.51. The van der Waals surface area contributed by atoms with E-state index in [2.05, 4.69) is 6.58 Å². The average Bonchev–Trinajstić information content (AvgIpc) is 2.20. The Hall–Kier alpha value is -0.830. The van der Waals surface area contributed by atoms with Crippen LogP contribution in [-0.4, -0.2) is 21.8 Å². The molecular formula is C12H18O3. The van der Waals surface area contributed by atoms with Crippen molar-refractivity contribution in [3.63, 3.8) is 0 Å². The third kappa shape index (κ3) is 1.33. The fourth-order valence-corrected chi connectivity index (χ4v) is 3.33. The highest BCUT2D eigenvalue weighted by Crippen LogP contribution is 2.56. The Morgan fingerprint density at radius 1 is 1.40 bits per heavy atom. The second-order valence-electron chi connectivity index (χ2n) is 5.30. The molecular weight excluding hydrogens is 192 g/mol. The first-order valence-electron chi connectivity index (χ1n) is 5.52. The summed E-state index contributed by atoms with van der Waals surface area (Å²) in [5.41, 5.74) is -1.46. The maximum absolute atomic E-state index is 11.3. The summed E-state index contributed by atoms with van der Waals surface area (Å²) >= 11 is 0. The highest BCUT2D eigenvalue weighted by molar-refractivity contribution is 5.75. The van der Waals surface area contributed by atoms with Gasteiger partial charge in [0.15, 0.2) is 0 Å². The van der Waals surface area contributed by atoms with Crippen molar-refractivity contribution < 1.29 is 15.0 Å². The lowest BCUT2D eigenvalue weighted by Crippen LogP contribution is -2.56. The second kappa shape index (κ2) is 3.08. The fraction of sp³-hybridized carbons (Fsp3) is 0.750. The zero-order valence-corrected chi connectivity index (χ0v) is 9.07. The highest BCUT2D eigenvalue weighted by Gasteiger charge is 2.57. The molecule has 3 fully saturated rings. The normalized spacial score (nSPS) is 48.9. The molecule has 0 unspecified atom stereocenters. The van der Waals surface area contributed by atoms with Crippen LogP contribution in [0.25, 0.3) is 0 Å². The van der Waals surface area contributed by atoms with Gasteiger partial charge in [-0.1, -0.05) is 6.08 Å². The van der Waals surface area contributed by atoms with Crippen LogP contribution in [-0.2, 0) is 4.79 Å².